The quantitative estimate of drug-likeness (QED) is 0.872. The highest BCUT2D eigenvalue weighted by molar-refractivity contribution is 6.30. The molecule has 4 nitrogen and oxygen atoms in total. The maximum Gasteiger partial charge on any atom is 0.334 e. The van der Waals surface area contributed by atoms with Gasteiger partial charge in [0.1, 0.15) is 0 Å². The van der Waals surface area contributed by atoms with Crippen LogP contribution in [-0.4, -0.2) is 17.0 Å². The van der Waals surface area contributed by atoms with Crippen LogP contribution in [0.25, 0.3) is 0 Å². The van der Waals surface area contributed by atoms with Crippen LogP contribution in [0.15, 0.2) is 24.3 Å². The van der Waals surface area contributed by atoms with Crippen molar-refractivity contribution in [1.82, 2.24) is 5.32 Å². The summed E-state index contributed by atoms with van der Waals surface area (Å²) in [6, 6.07) is 6.56. The number of carbonyl (C=O) groups excluding carboxylic acids is 1. The summed E-state index contributed by atoms with van der Waals surface area (Å²) >= 11 is 5.82. The van der Waals surface area contributed by atoms with Crippen molar-refractivity contribution in [3.8, 4) is 0 Å². The van der Waals surface area contributed by atoms with Gasteiger partial charge in [-0.1, -0.05) is 30.7 Å². The van der Waals surface area contributed by atoms with Crippen molar-refractivity contribution in [3.05, 3.63) is 34.9 Å². The lowest BCUT2D eigenvalue weighted by molar-refractivity contribution is -0.148. The number of benzene rings is 1. The van der Waals surface area contributed by atoms with E-state index in [2.05, 4.69) is 5.32 Å². The van der Waals surface area contributed by atoms with Gasteiger partial charge < -0.3 is 10.4 Å². The van der Waals surface area contributed by atoms with E-state index in [1.807, 2.05) is 0 Å². The van der Waals surface area contributed by atoms with Gasteiger partial charge in [-0.05, 0) is 37.0 Å². The first-order valence-corrected chi connectivity index (χ1v) is 6.69. The van der Waals surface area contributed by atoms with Gasteiger partial charge in [0.2, 0.25) is 5.91 Å². The number of halogens is 1. The lowest BCUT2D eigenvalue weighted by Crippen LogP contribution is -2.52. The number of hydrogen-bond donors (Lipinski definition) is 2. The van der Waals surface area contributed by atoms with Gasteiger partial charge in [-0.2, -0.15) is 0 Å². The summed E-state index contributed by atoms with van der Waals surface area (Å²) in [6.07, 6.45) is 1.96. The van der Waals surface area contributed by atoms with Crippen molar-refractivity contribution < 1.29 is 14.7 Å². The topological polar surface area (TPSA) is 66.4 Å². The zero-order valence-corrected chi connectivity index (χ0v) is 11.4. The molecule has 0 aromatic heterocycles. The molecule has 1 unspecified atom stereocenters. The maximum absolute atomic E-state index is 11.9. The van der Waals surface area contributed by atoms with Crippen LogP contribution in [0.4, 0.5) is 0 Å². The average Bonchev–Trinajstić information content (AvgIpc) is 3.20. The molecule has 1 amide bonds. The number of nitrogens with one attached hydrogen (secondary N) is 1. The smallest absolute Gasteiger partial charge is 0.334 e. The molecular formula is C14H16ClNO3. The van der Waals surface area contributed by atoms with Crippen molar-refractivity contribution in [2.45, 2.75) is 31.7 Å². The fraction of sp³-hybridized carbons (Fsp3) is 0.429. The molecule has 1 aromatic rings. The molecular weight excluding hydrogens is 266 g/mol. The molecule has 0 aliphatic heterocycles. The van der Waals surface area contributed by atoms with Crippen LogP contribution in [0.3, 0.4) is 0 Å². The monoisotopic (exact) mass is 281 g/mol. The minimum Gasteiger partial charge on any atom is -0.479 e. The molecule has 1 fully saturated rings. The molecule has 0 spiro atoms. The van der Waals surface area contributed by atoms with Crippen LogP contribution >= 0.6 is 11.6 Å². The molecule has 1 aromatic carbocycles. The summed E-state index contributed by atoms with van der Waals surface area (Å²) in [7, 11) is 0. The van der Waals surface area contributed by atoms with Gasteiger partial charge in [0.05, 0.1) is 0 Å². The lowest BCUT2D eigenvalue weighted by Gasteiger charge is -2.30. The van der Waals surface area contributed by atoms with Crippen molar-refractivity contribution in [2.75, 3.05) is 0 Å². The number of rotatable bonds is 5. The number of carboxylic acid groups (broad SMARTS) is 1. The third-order valence-corrected chi connectivity index (χ3v) is 3.77. The first-order chi connectivity index (χ1) is 8.99. The van der Waals surface area contributed by atoms with Gasteiger partial charge in [-0.15, -0.1) is 0 Å². The summed E-state index contributed by atoms with van der Waals surface area (Å²) in [6.45, 7) is 1.75. The molecule has 5 heteroatoms. The molecule has 0 radical (unpaired) electrons. The number of hydrogen-bond acceptors (Lipinski definition) is 2. The molecule has 1 aliphatic rings. The fourth-order valence-corrected chi connectivity index (χ4v) is 2.21. The zero-order valence-electron chi connectivity index (χ0n) is 10.6. The first kappa shape index (κ1) is 13.9. The van der Waals surface area contributed by atoms with Crippen LogP contribution in [0.2, 0.25) is 5.02 Å². The van der Waals surface area contributed by atoms with Crippen LogP contribution < -0.4 is 5.32 Å². The van der Waals surface area contributed by atoms with Crippen LogP contribution in [-0.2, 0) is 15.1 Å². The van der Waals surface area contributed by atoms with E-state index >= 15 is 0 Å². The normalized spacial score (nSPS) is 17.6. The Morgan fingerprint density at radius 1 is 1.37 bits per heavy atom. The molecule has 1 aliphatic carbocycles. The highest BCUT2D eigenvalue weighted by Crippen LogP contribution is 2.33. The van der Waals surface area contributed by atoms with Gasteiger partial charge in [0.25, 0.3) is 0 Å². The predicted molar refractivity (Wildman–Crippen MR) is 71.9 cm³/mol. The Kier molecular flexibility index (Phi) is 3.80. The van der Waals surface area contributed by atoms with Crippen LogP contribution in [0.1, 0.15) is 31.7 Å². The Morgan fingerprint density at radius 2 is 1.95 bits per heavy atom. The molecule has 1 saturated carbocycles. The summed E-state index contributed by atoms with van der Waals surface area (Å²) in [5, 5.41) is 12.8. The molecule has 2 N–H and O–H groups in total. The summed E-state index contributed by atoms with van der Waals surface area (Å²) in [4.78, 5) is 23.6. The minimum atomic E-state index is -1.37. The Labute approximate surface area is 116 Å². The number of carbonyl (C=O) groups is 2. The van der Waals surface area contributed by atoms with E-state index in [-0.39, 0.29) is 18.2 Å². The number of amides is 1. The van der Waals surface area contributed by atoms with E-state index < -0.39 is 11.5 Å². The molecule has 19 heavy (non-hydrogen) atoms. The van der Waals surface area contributed by atoms with E-state index in [0.29, 0.717) is 10.6 Å². The second-order valence-electron chi connectivity index (χ2n) is 4.83. The summed E-state index contributed by atoms with van der Waals surface area (Å²) < 4.78 is 0. The van der Waals surface area contributed by atoms with E-state index in [0.717, 1.165) is 12.8 Å². The molecule has 0 heterocycles. The summed E-state index contributed by atoms with van der Waals surface area (Å²) in [5.41, 5.74) is -0.828. The second-order valence-corrected chi connectivity index (χ2v) is 5.27. The molecule has 0 saturated heterocycles. The Bertz CT molecular complexity index is 496. The largest absolute Gasteiger partial charge is 0.479 e. The zero-order chi connectivity index (χ0) is 14.0. The van der Waals surface area contributed by atoms with E-state index in [1.165, 1.54) is 0 Å². The minimum absolute atomic E-state index is 0.0300. The molecule has 0 bridgehead atoms. The van der Waals surface area contributed by atoms with E-state index in [1.54, 1.807) is 31.2 Å². The average molecular weight is 282 g/mol. The summed E-state index contributed by atoms with van der Waals surface area (Å²) in [5.74, 6) is -1.26. The molecule has 1 atom stereocenters. The SMILES string of the molecule is CCC(NC(=O)C1CC1)(C(=O)O)c1ccc(Cl)cc1. The Hall–Kier alpha value is -1.55. The van der Waals surface area contributed by atoms with Gasteiger partial charge in [0.15, 0.2) is 5.54 Å². The standard InChI is InChI=1S/C14H16ClNO3/c1-2-14(13(18)19,16-12(17)9-3-4-9)10-5-7-11(15)8-6-10/h5-9H,2-4H2,1H3,(H,16,17)(H,18,19). The van der Waals surface area contributed by atoms with E-state index in [9.17, 15) is 14.7 Å². The van der Waals surface area contributed by atoms with Crippen molar-refractivity contribution in [2.24, 2.45) is 5.92 Å². The molecule has 102 valence electrons. The van der Waals surface area contributed by atoms with Gasteiger partial charge in [0, 0.05) is 10.9 Å². The predicted octanol–water partition coefficient (Wildman–Crippen LogP) is 2.56. The Morgan fingerprint density at radius 3 is 2.37 bits per heavy atom. The second kappa shape index (κ2) is 5.21. The van der Waals surface area contributed by atoms with Crippen molar-refractivity contribution in [1.29, 1.82) is 0 Å². The lowest BCUT2D eigenvalue weighted by atomic mass is 9.87. The van der Waals surface area contributed by atoms with Gasteiger partial charge >= 0.3 is 5.97 Å². The highest BCUT2D eigenvalue weighted by atomic mass is 35.5. The third-order valence-electron chi connectivity index (χ3n) is 3.52. The van der Waals surface area contributed by atoms with Crippen molar-refractivity contribution in [3.63, 3.8) is 0 Å². The van der Waals surface area contributed by atoms with Gasteiger partial charge in [-0.3, -0.25) is 4.79 Å². The van der Waals surface area contributed by atoms with Crippen molar-refractivity contribution >= 4 is 23.5 Å². The van der Waals surface area contributed by atoms with Gasteiger partial charge in [-0.25, -0.2) is 4.79 Å². The number of carboxylic acids is 1. The maximum atomic E-state index is 11.9. The first-order valence-electron chi connectivity index (χ1n) is 6.31. The van der Waals surface area contributed by atoms with E-state index in [4.69, 9.17) is 11.6 Å². The fourth-order valence-electron chi connectivity index (χ4n) is 2.09. The van der Waals surface area contributed by atoms with Crippen LogP contribution in [0.5, 0.6) is 0 Å². The van der Waals surface area contributed by atoms with Crippen LogP contribution in [0, 0.1) is 5.92 Å². The molecule has 2 rings (SSSR count). The number of aliphatic carboxylic acids is 1. The highest BCUT2D eigenvalue weighted by Gasteiger charge is 2.43. The third kappa shape index (κ3) is 2.73. The Balaban J connectivity index is 2.34.